The van der Waals surface area contributed by atoms with E-state index in [0.29, 0.717) is 26.7 Å². The smallest absolute Gasteiger partial charge is 0.257 e. The SMILES string of the molecule is CC(C)Sc1nnc(NC(=O)c2ccc(CN(c3cccc(Cl)c3)S(C)(=O)=O)cc2)s1. The zero-order chi connectivity index (χ0) is 22.6. The fourth-order valence-corrected chi connectivity index (χ4v) is 5.67. The van der Waals surface area contributed by atoms with Crippen molar-refractivity contribution in [2.24, 2.45) is 0 Å². The Balaban J connectivity index is 1.71. The van der Waals surface area contributed by atoms with Crippen molar-refractivity contribution in [1.29, 1.82) is 0 Å². The summed E-state index contributed by atoms with van der Waals surface area (Å²) in [5.41, 5.74) is 1.64. The number of hydrogen-bond donors (Lipinski definition) is 1. The van der Waals surface area contributed by atoms with Crippen LogP contribution < -0.4 is 9.62 Å². The van der Waals surface area contributed by atoms with E-state index in [4.69, 9.17) is 11.6 Å². The second-order valence-electron chi connectivity index (χ2n) is 6.94. The summed E-state index contributed by atoms with van der Waals surface area (Å²) in [7, 11) is -3.53. The number of anilines is 2. The van der Waals surface area contributed by atoms with Crippen LogP contribution in [0.4, 0.5) is 10.8 Å². The van der Waals surface area contributed by atoms with Crippen molar-refractivity contribution < 1.29 is 13.2 Å². The first-order valence-corrected chi connectivity index (χ1v) is 13.2. The number of amides is 1. The summed E-state index contributed by atoms with van der Waals surface area (Å²) in [4.78, 5) is 12.5. The summed E-state index contributed by atoms with van der Waals surface area (Å²) in [5, 5.41) is 12.0. The van der Waals surface area contributed by atoms with Crippen LogP contribution in [0.1, 0.15) is 29.8 Å². The number of benzene rings is 2. The molecule has 0 saturated heterocycles. The van der Waals surface area contributed by atoms with Crippen molar-refractivity contribution in [2.45, 2.75) is 30.0 Å². The van der Waals surface area contributed by atoms with Crippen LogP contribution in [0.25, 0.3) is 0 Å². The predicted octanol–water partition coefficient (Wildman–Crippen LogP) is 4.91. The van der Waals surface area contributed by atoms with E-state index in [2.05, 4.69) is 29.4 Å². The molecule has 0 aliphatic carbocycles. The number of halogens is 1. The van der Waals surface area contributed by atoms with Crippen molar-refractivity contribution in [3.8, 4) is 0 Å². The van der Waals surface area contributed by atoms with Crippen LogP contribution in [0.2, 0.25) is 5.02 Å². The Bertz CT molecular complexity index is 1160. The molecule has 0 aliphatic heterocycles. The number of nitrogens with one attached hydrogen (secondary N) is 1. The number of carbonyl (C=O) groups is 1. The number of rotatable bonds is 8. The van der Waals surface area contributed by atoms with Gasteiger partial charge in [0.15, 0.2) is 4.34 Å². The van der Waals surface area contributed by atoms with Crippen molar-refractivity contribution in [3.05, 3.63) is 64.7 Å². The molecule has 11 heteroatoms. The number of aromatic nitrogens is 2. The van der Waals surface area contributed by atoms with Gasteiger partial charge in [0.05, 0.1) is 18.5 Å². The fraction of sp³-hybridized carbons (Fsp3) is 0.250. The Labute approximate surface area is 194 Å². The molecule has 7 nitrogen and oxygen atoms in total. The van der Waals surface area contributed by atoms with Crippen molar-refractivity contribution in [3.63, 3.8) is 0 Å². The summed E-state index contributed by atoms with van der Waals surface area (Å²) in [5.74, 6) is -0.307. The molecule has 1 heterocycles. The minimum Gasteiger partial charge on any atom is -0.296 e. The molecule has 0 saturated carbocycles. The molecular weight excluding hydrogens is 476 g/mol. The summed E-state index contributed by atoms with van der Waals surface area (Å²) in [6.07, 6.45) is 1.14. The topological polar surface area (TPSA) is 92.3 Å². The maximum absolute atomic E-state index is 12.5. The van der Waals surface area contributed by atoms with Crippen LogP contribution in [0.5, 0.6) is 0 Å². The van der Waals surface area contributed by atoms with Crippen molar-refractivity contribution in [2.75, 3.05) is 15.9 Å². The van der Waals surface area contributed by atoms with E-state index in [0.717, 1.165) is 16.2 Å². The second kappa shape index (κ2) is 9.99. The van der Waals surface area contributed by atoms with Crippen LogP contribution >= 0.6 is 34.7 Å². The lowest BCUT2D eigenvalue weighted by Crippen LogP contribution is -2.29. The van der Waals surface area contributed by atoms with Gasteiger partial charge >= 0.3 is 0 Å². The van der Waals surface area contributed by atoms with Crippen LogP contribution in [0.15, 0.2) is 52.9 Å². The summed E-state index contributed by atoms with van der Waals surface area (Å²) in [6, 6.07) is 13.4. The largest absolute Gasteiger partial charge is 0.296 e. The van der Waals surface area contributed by atoms with Crippen LogP contribution in [0, 0.1) is 0 Å². The van der Waals surface area contributed by atoms with E-state index in [1.807, 2.05) is 0 Å². The van der Waals surface area contributed by atoms with Crippen LogP contribution in [-0.4, -0.2) is 36.0 Å². The van der Waals surface area contributed by atoms with Crippen molar-refractivity contribution in [1.82, 2.24) is 10.2 Å². The Hall–Kier alpha value is -2.14. The number of hydrogen-bond acceptors (Lipinski definition) is 7. The summed E-state index contributed by atoms with van der Waals surface area (Å²) in [6.45, 7) is 4.24. The predicted molar refractivity (Wildman–Crippen MR) is 128 cm³/mol. The average molecular weight is 497 g/mol. The standard InChI is InChI=1S/C20H21ClN4O3S3/c1-13(2)29-20-24-23-19(30-20)22-18(26)15-9-7-14(8-10-15)12-25(31(3,27)28)17-6-4-5-16(21)11-17/h4-11,13H,12H2,1-3H3,(H,22,23,26). The Morgan fingerprint density at radius 3 is 2.52 bits per heavy atom. The quantitative estimate of drug-likeness (QED) is 0.352. The van der Waals surface area contributed by atoms with E-state index in [1.165, 1.54) is 15.6 Å². The minimum absolute atomic E-state index is 0.118. The highest BCUT2D eigenvalue weighted by atomic mass is 35.5. The zero-order valence-corrected chi connectivity index (χ0v) is 20.3. The molecule has 1 N–H and O–H groups in total. The fourth-order valence-electron chi connectivity index (χ4n) is 2.64. The van der Waals surface area contributed by atoms with Gasteiger partial charge in [0.25, 0.3) is 5.91 Å². The highest BCUT2D eigenvalue weighted by Gasteiger charge is 2.19. The molecular formula is C20H21ClN4O3S3. The third kappa shape index (κ3) is 6.67. The van der Waals surface area contributed by atoms with Gasteiger partial charge in [-0.1, -0.05) is 66.7 Å². The molecule has 31 heavy (non-hydrogen) atoms. The van der Waals surface area contributed by atoms with Gasteiger partial charge in [-0.2, -0.15) is 0 Å². The number of carbonyl (C=O) groups excluding carboxylic acids is 1. The molecule has 1 amide bonds. The molecule has 0 radical (unpaired) electrons. The number of nitrogens with zero attached hydrogens (tertiary/aromatic N) is 3. The summed E-state index contributed by atoms with van der Waals surface area (Å²) < 4.78 is 26.7. The van der Waals surface area contributed by atoms with Gasteiger partial charge in [-0.05, 0) is 35.9 Å². The van der Waals surface area contributed by atoms with Gasteiger partial charge in [-0.3, -0.25) is 14.4 Å². The van der Waals surface area contributed by atoms with Gasteiger partial charge < -0.3 is 0 Å². The normalized spacial score (nSPS) is 11.5. The third-order valence-electron chi connectivity index (χ3n) is 4.00. The van der Waals surface area contributed by atoms with Crippen LogP contribution in [0.3, 0.4) is 0 Å². The van der Waals surface area contributed by atoms with Gasteiger partial charge in [0, 0.05) is 15.8 Å². The second-order valence-corrected chi connectivity index (χ2v) is 12.1. The molecule has 0 fully saturated rings. The highest BCUT2D eigenvalue weighted by Crippen LogP contribution is 2.29. The molecule has 1 aromatic heterocycles. The summed E-state index contributed by atoms with van der Waals surface area (Å²) >= 11 is 8.92. The molecule has 164 valence electrons. The number of thioether (sulfide) groups is 1. The number of sulfonamides is 1. The maximum atomic E-state index is 12.5. The molecule has 2 aromatic carbocycles. The third-order valence-corrected chi connectivity index (χ3v) is 7.30. The molecule has 3 aromatic rings. The average Bonchev–Trinajstić information content (AvgIpc) is 3.11. The van der Waals surface area contributed by atoms with E-state index in [-0.39, 0.29) is 12.5 Å². The minimum atomic E-state index is -3.53. The first-order valence-electron chi connectivity index (χ1n) is 9.25. The molecule has 0 spiro atoms. The van der Waals surface area contributed by atoms with Crippen molar-refractivity contribution >= 4 is 61.4 Å². The lowest BCUT2D eigenvalue weighted by molar-refractivity contribution is 0.102. The first-order chi connectivity index (χ1) is 14.6. The van der Waals surface area contributed by atoms with Gasteiger partial charge in [0.1, 0.15) is 0 Å². The van der Waals surface area contributed by atoms with Gasteiger partial charge in [-0.25, -0.2) is 8.42 Å². The van der Waals surface area contributed by atoms with Gasteiger partial charge in [0.2, 0.25) is 15.2 Å². The Kier molecular flexibility index (Phi) is 7.58. The zero-order valence-electron chi connectivity index (χ0n) is 17.1. The van der Waals surface area contributed by atoms with E-state index in [1.54, 1.807) is 60.3 Å². The van der Waals surface area contributed by atoms with Gasteiger partial charge in [-0.15, -0.1) is 10.2 Å². The van der Waals surface area contributed by atoms with E-state index >= 15 is 0 Å². The lowest BCUT2D eigenvalue weighted by Gasteiger charge is -2.22. The molecule has 0 atom stereocenters. The van der Waals surface area contributed by atoms with E-state index in [9.17, 15) is 13.2 Å². The first kappa shape index (κ1) is 23.5. The lowest BCUT2D eigenvalue weighted by atomic mass is 10.1. The maximum Gasteiger partial charge on any atom is 0.257 e. The highest BCUT2D eigenvalue weighted by molar-refractivity contribution is 8.01. The molecule has 3 rings (SSSR count). The molecule has 0 aliphatic rings. The van der Waals surface area contributed by atoms with E-state index < -0.39 is 10.0 Å². The molecule has 0 bridgehead atoms. The molecule has 0 unspecified atom stereocenters. The Morgan fingerprint density at radius 1 is 1.19 bits per heavy atom. The van der Waals surface area contributed by atoms with Crippen LogP contribution in [-0.2, 0) is 16.6 Å². The Morgan fingerprint density at radius 2 is 1.90 bits per heavy atom. The monoisotopic (exact) mass is 496 g/mol.